The number of aliphatic hydroxyl groups is 1. The number of halogens is 2. The van der Waals surface area contributed by atoms with Gasteiger partial charge < -0.3 is 14.6 Å². The van der Waals surface area contributed by atoms with Crippen molar-refractivity contribution in [3.63, 3.8) is 0 Å². The fourth-order valence-corrected chi connectivity index (χ4v) is 6.23. The molecule has 9 heteroatoms. The van der Waals surface area contributed by atoms with Gasteiger partial charge in [0.15, 0.2) is 11.6 Å². The van der Waals surface area contributed by atoms with Crippen LogP contribution in [-0.4, -0.2) is 42.2 Å². The lowest BCUT2D eigenvalue weighted by Gasteiger charge is -2.31. The summed E-state index contributed by atoms with van der Waals surface area (Å²) in [5.41, 5.74) is 7.16. The zero-order chi connectivity index (χ0) is 30.8. The molecule has 3 aromatic rings. The molecule has 3 N–H and O–H groups in total. The topological polar surface area (TPSA) is 92.2 Å². The number of carbonyl (C=O) groups is 1. The predicted molar refractivity (Wildman–Crippen MR) is 176 cm³/mol. The Labute approximate surface area is 269 Å². The zero-order valence-corrected chi connectivity index (χ0v) is 26.2. The maximum atomic E-state index is 14.3. The summed E-state index contributed by atoms with van der Waals surface area (Å²) < 4.78 is 12.3. The molecule has 2 aliphatic rings. The molecule has 44 heavy (non-hydrogen) atoms. The molecule has 1 saturated carbocycles. The molecule has 0 aromatic heterocycles. The van der Waals surface area contributed by atoms with Crippen LogP contribution in [0.5, 0.6) is 5.75 Å². The Hall–Kier alpha value is -3.36. The van der Waals surface area contributed by atoms with Crippen LogP contribution in [0.3, 0.4) is 0 Å². The van der Waals surface area contributed by atoms with Crippen molar-refractivity contribution in [3.05, 3.63) is 106 Å². The molecule has 0 saturated heterocycles. The van der Waals surface area contributed by atoms with E-state index in [0.29, 0.717) is 58.3 Å². The van der Waals surface area contributed by atoms with Gasteiger partial charge in [-0.05, 0) is 60.7 Å². The molecule has 3 aromatic carbocycles. The Morgan fingerprint density at radius 1 is 1.05 bits per heavy atom. The first-order valence-corrected chi connectivity index (χ1v) is 16.0. The SMILES string of the molecule is O=C(NNCC1CCCCC1)[C@@]1(C/C=C/c2ccccc2)N=C(c2ccc(OCCCO)cc2)O[C@H]1c1ccc(Cl)cc1Cl. The highest BCUT2D eigenvalue weighted by Gasteiger charge is 2.53. The van der Waals surface area contributed by atoms with E-state index < -0.39 is 11.6 Å². The van der Waals surface area contributed by atoms with Crippen molar-refractivity contribution in [2.75, 3.05) is 19.8 Å². The largest absolute Gasteiger partial charge is 0.494 e. The summed E-state index contributed by atoms with van der Waals surface area (Å²) in [5.74, 6) is 1.22. The van der Waals surface area contributed by atoms with Crippen LogP contribution >= 0.6 is 23.2 Å². The molecular formula is C35H39Cl2N3O4. The number of amides is 1. The fourth-order valence-electron chi connectivity index (χ4n) is 5.72. The average Bonchev–Trinajstić information content (AvgIpc) is 3.43. The van der Waals surface area contributed by atoms with E-state index in [1.807, 2.05) is 66.7 Å². The Kier molecular flexibility index (Phi) is 11.3. The molecule has 2 atom stereocenters. The summed E-state index contributed by atoms with van der Waals surface area (Å²) in [5, 5.41) is 9.94. The molecule has 0 unspecified atom stereocenters. The minimum absolute atomic E-state index is 0.0652. The van der Waals surface area contributed by atoms with Gasteiger partial charge in [0.2, 0.25) is 5.90 Å². The lowest BCUT2D eigenvalue weighted by molar-refractivity contribution is -0.130. The summed E-state index contributed by atoms with van der Waals surface area (Å²) in [4.78, 5) is 19.3. The molecule has 1 aliphatic heterocycles. The molecule has 1 amide bonds. The second-order valence-corrected chi connectivity index (χ2v) is 12.2. The van der Waals surface area contributed by atoms with Gasteiger partial charge in [0.05, 0.1) is 6.61 Å². The first-order valence-electron chi connectivity index (χ1n) is 15.3. The zero-order valence-electron chi connectivity index (χ0n) is 24.7. The number of rotatable bonds is 13. The highest BCUT2D eigenvalue weighted by molar-refractivity contribution is 6.35. The third kappa shape index (κ3) is 8.02. The summed E-state index contributed by atoms with van der Waals surface area (Å²) in [7, 11) is 0. The van der Waals surface area contributed by atoms with Crippen molar-refractivity contribution in [2.45, 2.75) is 56.6 Å². The second kappa shape index (κ2) is 15.6. The number of hydrogen-bond acceptors (Lipinski definition) is 6. The van der Waals surface area contributed by atoms with Gasteiger partial charge in [-0.25, -0.2) is 10.4 Å². The van der Waals surface area contributed by atoms with Crippen LogP contribution in [0.15, 0.2) is 83.9 Å². The van der Waals surface area contributed by atoms with Crippen molar-refractivity contribution >= 4 is 41.1 Å². The van der Waals surface area contributed by atoms with E-state index in [2.05, 4.69) is 10.9 Å². The van der Waals surface area contributed by atoms with Crippen LogP contribution in [0, 0.1) is 5.92 Å². The summed E-state index contributed by atoms with van der Waals surface area (Å²) >= 11 is 13.0. The van der Waals surface area contributed by atoms with E-state index >= 15 is 0 Å². The van der Waals surface area contributed by atoms with Crippen LogP contribution in [-0.2, 0) is 9.53 Å². The predicted octanol–water partition coefficient (Wildman–Crippen LogP) is 7.32. The molecule has 1 heterocycles. The van der Waals surface area contributed by atoms with Crippen LogP contribution in [0.4, 0.5) is 0 Å². The van der Waals surface area contributed by atoms with Gasteiger partial charge in [-0.15, -0.1) is 0 Å². The monoisotopic (exact) mass is 635 g/mol. The number of benzene rings is 3. The van der Waals surface area contributed by atoms with Crippen LogP contribution in [0.1, 0.15) is 67.7 Å². The minimum atomic E-state index is -1.37. The van der Waals surface area contributed by atoms with E-state index in [0.717, 1.165) is 18.4 Å². The second-order valence-electron chi connectivity index (χ2n) is 11.3. The number of nitrogens with one attached hydrogen (secondary N) is 2. The van der Waals surface area contributed by atoms with Crippen LogP contribution in [0.25, 0.3) is 6.08 Å². The highest BCUT2D eigenvalue weighted by atomic mass is 35.5. The molecule has 5 rings (SSSR count). The van der Waals surface area contributed by atoms with Gasteiger partial charge in [-0.3, -0.25) is 10.2 Å². The number of nitrogens with zero attached hydrogens (tertiary/aromatic N) is 1. The number of aliphatic hydroxyl groups excluding tert-OH is 1. The van der Waals surface area contributed by atoms with E-state index in [1.54, 1.807) is 18.2 Å². The lowest BCUT2D eigenvalue weighted by Crippen LogP contribution is -2.53. The molecule has 0 spiro atoms. The van der Waals surface area contributed by atoms with Crippen molar-refractivity contribution in [3.8, 4) is 5.75 Å². The Morgan fingerprint density at radius 2 is 1.82 bits per heavy atom. The van der Waals surface area contributed by atoms with Gasteiger partial charge >= 0.3 is 0 Å². The maximum absolute atomic E-state index is 14.3. The molecule has 0 radical (unpaired) electrons. The van der Waals surface area contributed by atoms with Crippen LogP contribution < -0.4 is 15.6 Å². The van der Waals surface area contributed by atoms with Crippen molar-refractivity contribution < 1.29 is 19.4 Å². The number of hydrogen-bond donors (Lipinski definition) is 3. The van der Waals surface area contributed by atoms with Crippen molar-refractivity contribution in [2.24, 2.45) is 10.9 Å². The number of hydrazine groups is 1. The smallest absolute Gasteiger partial charge is 0.266 e. The average molecular weight is 637 g/mol. The van der Waals surface area contributed by atoms with Gasteiger partial charge in [0.25, 0.3) is 5.91 Å². The normalized spacial score (nSPS) is 20.3. The standard InChI is InChI=1S/C35H39Cl2N3O4/c36-28-16-19-30(31(37)23-28)32-35(20-7-13-25-9-3-1-4-10-25,34(42)40-38-24-26-11-5-2-6-12-26)39-33(44-32)27-14-17-29(18-15-27)43-22-8-21-41/h1,3-4,7,9-10,13-19,23,26,32,38,41H,2,5-6,8,11-12,20-22,24H2,(H,40,42)/b13-7+/t32-,35-/m0/s1. The van der Waals surface area contributed by atoms with Gasteiger partial charge in [-0.1, -0.05) is 91.0 Å². The fraction of sp³-hybridized carbons (Fsp3) is 0.371. The van der Waals surface area contributed by atoms with Crippen molar-refractivity contribution in [1.29, 1.82) is 0 Å². The van der Waals surface area contributed by atoms with Crippen molar-refractivity contribution in [1.82, 2.24) is 10.9 Å². The van der Waals surface area contributed by atoms with Gasteiger partial charge in [0.1, 0.15) is 5.75 Å². The van der Waals surface area contributed by atoms with Gasteiger partial charge in [-0.2, -0.15) is 0 Å². The van der Waals surface area contributed by atoms with E-state index in [-0.39, 0.29) is 18.9 Å². The third-order valence-electron chi connectivity index (χ3n) is 8.13. The van der Waals surface area contributed by atoms with E-state index in [9.17, 15) is 4.79 Å². The maximum Gasteiger partial charge on any atom is 0.266 e. The van der Waals surface area contributed by atoms with E-state index in [1.165, 1.54) is 19.3 Å². The summed E-state index contributed by atoms with van der Waals surface area (Å²) in [6.07, 6.45) is 9.95. The molecular weight excluding hydrogens is 597 g/mol. The number of carbonyl (C=O) groups excluding carboxylic acids is 1. The van der Waals surface area contributed by atoms with Gasteiger partial charge in [0, 0.05) is 47.2 Å². The molecule has 7 nitrogen and oxygen atoms in total. The number of ether oxygens (including phenoxy) is 2. The third-order valence-corrected chi connectivity index (χ3v) is 8.69. The molecule has 1 aliphatic carbocycles. The molecule has 0 bridgehead atoms. The summed E-state index contributed by atoms with van der Waals surface area (Å²) in [6.45, 7) is 1.17. The Morgan fingerprint density at radius 3 is 2.55 bits per heavy atom. The Bertz CT molecular complexity index is 1440. The molecule has 1 fully saturated rings. The summed E-state index contributed by atoms with van der Waals surface area (Å²) in [6, 6.07) is 22.5. The quantitative estimate of drug-likeness (QED) is 0.135. The number of aliphatic imine (C=N–C) groups is 1. The van der Waals surface area contributed by atoms with Crippen LogP contribution in [0.2, 0.25) is 10.0 Å². The first kappa shape index (κ1) is 32.0. The van der Waals surface area contributed by atoms with E-state index in [4.69, 9.17) is 42.8 Å². The highest BCUT2D eigenvalue weighted by Crippen LogP contribution is 2.45. The first-order chi connectivity index (χ1) is 21.5. The molecule has 232 valence electrons. The lowest BCUT2D eigenvalue weighted by atomic mass is 9.84. The Balaban J connectivity index is 1.49. The minimum Gasteiger partial charge on any atom is -0.494 e.